The molecule has 112 valence electrons. The molecule has 0 aliphatic carbocycles. The summed E-state index contributed by atoms with van der Waals surface area (Å²) >= 11 is 0. The Morgan fingerprint density at radius 2 is 1.86 bits per heavy atom. The molecule has 1 aromatic carbocycles. The fraction of sp³-hybridized carbons (Fsp3) is 0.267. The molecule has 6 heteroatoms. The van der Waals surface area contributed by atoms with Crippen LogP contribution in [0, 0.1) is 0 Å². The van der Waals surface area contributed by atoms with Crippen LogP contribution in [-0.2, 0) is 6.18 Å². The summed E-state index contributed by atoms with van der Waals surface area (Å²) in [6, 6.07) is 8.36. The largest absolute Gasteiger partial charge is 0.480 e. The molecule has 1 aromatic heterocycles. The summed E-state index contributed by atoms with van der Waals surface area (Å²) in [7, 11) is 1.46. The number of hydrogen-bond acceptors (Lipinski definition) is 3. The standard InChI is InChI=1S/C15H15F3N2O/c1-10(20-13-8-5-9-19-14(13)21-2)11-6-3-4-7-12(11)15(16,17)18/h3-10,20H,1-2H3. The quantitative estimate of drug-likeness (QED) is 0.914. The van der Waals surface area contributed by atoms with Gasteiger partial charge in [-0.25, -0.2) is 4.98 Å². The van der Waals surface area contributed by atoms with Gasteiger partial charge in [0.05, 0.1) is 18.4 Å². The molecule has 21 heavy (non-hydrogen) atoms. The number of alkyl halides is 3. The van der Waals surface area contributed by atoms with Crippen LogP contribution in [0.1, 0.15) is 24.1 Å². The van der Waals surface area contributed by atoms with Crippen molar-refractivity contribution in [2.45, 2.75) is 19.1 Å². The smallest absolute Gasteiger partial charge is 0.416 e. The molecule has 1 heterocycles. The molecular weight excluding hydrogens is 281 g/mol. The molecule has 0 aliphatic rings. The third-order valence-corrected chi connectivity index (χ3v) is 3.07. The maximum atomic E-state index is 13.0. The van der Waals surface area contributed by atoms with E-state index in [0.29, 0.717) is 11.6 Å². The predicted molar refractivity (Wildman–Crippen MR) is 74.3 cm³/mol. The zero-order chi connectivity index (χ0) is 15.5. The van der Waals surface area contributed by atoms with Gasteiger partial charge < -0.3 is 10.1 Å². The Morgan fingerprint density at radius 1 is 1.14 bits per heavy atom. The van der Waals surface area contributed by atoms with Gasteiger partial charge in [0, 0.05) is 12.2 Å². The van der Waals surface area contributed by atoms with E-state index >= 15 is 0 Å². The minimum atomic E-state index is -4.38. The van der Waals surface area contributed by atoms with Crippen LogP contribution in [0.4, 0.5) is 18.9 Å². The number of rotatable bonds is 4. The van der Waals surface area contributed by atoms with Crippen molar-refractivity contribution in [2.75, 3.05) is 12.4 Å². The summed E-state index contributed by atoms with van der Waals surface area (Å²) in [6.07, 6.45) is -2.83. The molecule has 0 aliphatic heterocycles. The second-order valence-electron chi connectivity index (χ2n) is 4.51. The number of aromatic nitrogens is 1. The summed E-state index contributed by atoms with van der Waals surface area (Å²) in [5, 5.41) is 3.00. The topological polar surface area (TPSA) is 34.1 Å². The van der Waals surface area contributed by atoms with Crippen molar-refractivity contribution in [3.8, 4) is 5.88 Å². The Balaban J connectivity index is 2.31. The molecule has 3 nitrogen and oxygen atoms in total. The van der Waals surface area contributed by atoms with E-state index in [1.807, 2.05) is 0 Å². The van der Waals surface area contributed by atoms with E-state index in [-0.39, 0.29) is 5.56 Å². The zero-order valence-corrected chi connectivity index (χ0v) is 11.6. The first-order chi connectivity index (χ1) is 9.93. The Labute approximate surface area is 120 Å². The maximum Gasteiger partial charge on any atom is 0.416 e. The number of nitrogens with one attached hydrogen (secondary N) is 1. The van der Waals surface area contributed by atoms with E-state index in [1.165, 1.54) is 19.2 Å². The highest BCUT2D eigenvalue weighted by atomic mass is 19.4. The third-order valence-electron chi connectivity index (χ3n) is 3.07. The van der Waals surface area contributed by atoms with Gasteiger partial charge in [-0.1, -0.05) is 18.2 Å². The third kappa shape index (κ3) is 3.45. The van der Waals surface area contributed by atoms with E-state index in [4.69, 9.17) is 4.74 Å². The minimum absolute atomic E-state index is 0.177. The number of anilines is 1. The highest BCUT2D eigenvalue weighted by Gasteiger charge is 2.34. The number of ether oxygens (including phenoxy) is 1. The fourth-order valence-corrected chi connectivity index (χ4v) is 2.11. The van der Waals surface area contributed by atoms with Crippen LogP contribution in [-0.4, -0.2) is 12.1 Å². The highest BCUT2D eigenvalue weighted by Crippen LogP contribution is 2.36. The van der Waals surface area contributed by atoms with Gasteiger partial charge in [-0.3, -0.25) is 0 Å². The molecule has 0 saturated carbocycles. The Kier molecular flexibility index (Phi) is 4.35. The lowest BCUT2D eigenvalue weighted by molar-refractivity contribution is -0.138. The molecule has 1 unspecified atom stereocenters. The summed E-state index contributed by atoms with van der Waals surface area (Å²) in [5.41, 5.74) is 0.0771. The number of pyridine rings is 1. The lowest BCUT2D eigenvalue weighted by Crippen LogP contribution is -2.15. The van der Waals surface area contributed by atoms with Gasteiger partial charge >= 0.3 is 6.18 Å². The van der Waals surface area contributed by atoms with Gasteiger partial charge in [-0.05, 0) is 30.7 Å². The minimum Gasteiger partial charge on any atom is -0.480 e. The van der Waals surface area contributed by atoms with Crippen molar-refractivity contribution in [1.82, 2.24) is 4.98 Å². The molecule has 0 saturated heterocycles. The molecule has 0 fully saturated rings. The first kappa shape index (κ1) is 15.2. The zero-order valence-electron chi connectivity index (χ0n) is 11.6. The summed E-state index contributed by atoms with van der Waals surface area (Å²) in [4.78, 5) is 4.01. The fourth-order valence-electron chi connectivity index (χ4n) is 2.11. The molecule has 0 spiro atoms. The lowest BCUT2D eigenvalue weighted by atomic mass is 10.0. The monoisotopic (exact) mass is 296 g/mol. The van der Waals surface area contributed by atoms with Crippen LogP contribution in [0.3, 0.4) is 0 Å². The Hall–Kier alpha value is -2.24. The van der Waals surface area contributed by atoms with Crippen molar-refractivity contribution in [1.29, 1.82) is 0 Å². The van der Waals surface area contributed by atoms with Gasteiger partial charge in [0.2, 0.25) is 5.88 Å². The average molecular weight is 296 g/mol. The van der Waals surface area contributed by atoms with Gasteiger partial charge in [0.25, 0.3) is 0 Å². The van der Waals surface area contributed by atoms with Crippen LogP contribution in [0.15, 0.2) is 42.6 Å². The number of hydrogen-bond donors (Lipinski definition) is 1. The van der Waals surface area contributed by atoms with Crippen molar-refractivity contribution in [3.05, 3.63) is 53.7 Å². The second kappa shape index (κ2) is 6.03. The molecular formula is C15H15F3N2O. The first-order valence-electron chi connectivity index (χ1n) is 6.35. The second-order valence-corrected chi connectivity index (χ2v) is 4.51. The Morgan fingerprint density at radius 3 is 2.52 bits per heavy atom. The van der Waals surface area contributed by atoms with Gasteiger partial charge in [-0.2, -0.15) is 13.2 Å². The highest BCUT2D eigenvalue weighted by molar-refractivity contribution is 5.54. The molecule has 1 N–H and O–H groups in total. The van der Waals surface area contributed by atoms with Crippen molar-refractivity contribution in [3.63, 3.8) is 0 Å². The summed E-state index contributed by atoms with van der Waals surface area (Å²) in [5.74, 6) is 0.342. The maximum absolute atomic E-state index is 13.0. The van der Waals surface area contributed by atoms with E-state index < -0.39 is 17.8 Å². The SMILES string of the molecule is COc1ncccc1NC(C)c1ccccc1C(F)(F)F. The van der Waals surface area contributed by atoms with Crippen LogP contribution in [0.5, 0.6) is 5.88 Å². The molecule has 1 atom stereocenters. The van der Waals surface area contributed by atoms with Gasteiger partial charge in [0.1, 0.15) is 0 Å². The number of methoxy groups -OCH3 is 1. The molecule has 2 aromatic rings. The molecule has 0 amide bonds. The van der Waals surface area contributed by atoms with Gasteiger partial charge in [0.15, 0.2) is 0 Å². The van der Waals surface area contributed by atoms with Crippen LogP contribution in [0.25, 0.3) is 0 Å². The van der Waals surface area contributed by atoms with Crippen LogP contribution in [0.2, 0.25) is 0 Å². The number of halogens is 3. The number of benzene rings is 1. The van der Waals surface area contributed by atoms with E-state index in [9.17, 15) is 13.2 Å². The molecule has 0 bridgehead atoms. The van der Waals surface area contributed by atoms with Gasteiger partial charge in [-0.15, -0.1) is 0 Å². The molecule has 0 radical (unpaired) electrons. The van der Waals surface area contributed by atoms with Crippen LogP contribution >= 0.6 is 0 Å². The summed E-state index contributed by atoms with van der Waals surface area (Å²) in [6.45, 7) is 1.66. The normalized spacial score (nSPS) is 12.8. The molecule has 2 rings (SSSR count). The summed E-state index contributed by atoms with van der Waals surface area (Å²) < 4.78 is 44.2. The van der Waals surface area contributed by atoms with E-state index in [2.05, 4.69) is 10.3 Å². The van der Waals surface area contributed by atoms with Crippen molar-refractivity contribution >= 4 is 5.69 Å². The predicted octanol–water partition coefficient (Wildman–Crippen LogP) is 4.28. The van der Waals surface area contributed by atoms with Crippen LogP contribution < -0.4 is 10.1 Å². The Bertz CT molecular complexity index is 614. The lowest BCUT2D eigenvalue weighted by Gasteiger charge is -2.21. The number of nitrogens with zero attached hydrogens (tertiary/aromatic N) is 1. The van der Waals surface area contributed by atoms with Crippen molar-refractivity contribution < 1.29 is 17.9 Å². The van der Waals surface area contributed by atoms with Crippen molar-refractivity contribution in [2.24, 2.45) is 0 Å². The van der Waals surface area contributed by atoms with E-state index in [0.717, 1.165) is 6.07 Å². The first-order valence-corrected chi connectivity index (χ1v) is 6.35. The average Bonchev–Trinajstić information content (AvgIpc) is 2.47. The van der Waals surface area contributed by atoms with E-state index in [1.54, 1.807) is 31.3 Å².